The van der Waals surface area contributed by atoms with Gasteiger partial charge in [-0.15, -0.1) is 0 Å². The van der Waals surface area contributed by atoms with Gasteiger partial charge in [-0.25, -0.2) is 4.98 Å². The Morgan fingerprint density at radius 1 is 1.00 bits per heavy atom. The molecule has 2 rings (SSSR count). The topological polar surface area (TPSA) is 41.1 Å². The highest BCUT2D eigenvalue weighted by Crippen LogP contribution is 2.12. The van der Waals surface area contributed by atoms with Crippen molar-refractivity contribution in [1.82, 2.24) is 9.97 Å². The highest BCUT2D eigenvalue weighted by molar-refractivity contribution is 5.41. The lowest BCUT2D eigenvalue weighted by Crippen LogP contribution is -2.27. The van der Waals surface area contributed by atoms with Crippen molar-refractivity contribution in [3.05, 3.63) is 48.2 Å². The third-order valence-electron chi connectivity index (χ3n) is 3.48. The van der Waals surface area contributed by atoms with E-state index in [1.807, 2.05) is 18.3 Å². The molecule has 0 aliphatic rings. The lowest BCUT2D eigenvalue weighted by Gasteiger charge is -2.21. The van der Waals surface area contributed by atoms with Gasteiger partial charge < -0.3 is 10.2 Å². The van der Waals surface area contributed by atoms with E-state index >= 15 is 0 Å². The van der Waals surface area contributed by atoms with E-state index in [9.17, 15) is 0 Å². The van der Waals surface area contributed by atoms with Gasteiger partial charge in [0.2, 0.25) is 5.95 Å². The number of nitrogens with zero attached hydrogens (tertiary/aromatic N) is 3. The minimum Gasteiger partial charge on any atom is -0.370 e. The fourth-order valence-electron chi connectivity index (χ4n) is 2.43. The van der Waals surface area contributed by atoms with Crippen molar-refractivity contribution in [3.63, 3.8) is 0 Å². The van der Waals surface area contributed by atoms with Gasteiger partial charge in [0, 0.05) is 25.8 Å². The second-order valence-corrected chi connectivity index (χ2v) is 5.39. The first-order valence-corrected chi connectivity index (χ1v) is 8.19. The maximum absolute atomic E-state index is 4.65. The highest BCUT2D eigenvalue weighted by Gasteiger charge is 2.08. The molecular formula is C18H26N4. The second kappa shape index (κ2) is 9.03. The number of nitrogens with one attached hydrogen (secondary N) is 1. The third kappa shape index (κ3) is 5.02. The van der Waals surface area contributed by atoms with E-state index in [2.05, 4.69) is 58.3 Å². The maximum atomic E-state index is 4.65. The van der Waals surface area contributed by atoms with Crippen molar-refractivity contribution >= 4 is 11.8 Å². The standard InChI is InChI=1S/C18H26N4/c1-3-14-22(15-4-2)18-20-13-11-17(21-18)19-12-10-16-8-6-5-7-9-16/h5-9,11,13H,3-4,10,12,14-15H2,1-2H3,(H,19,20,21). The summed E-state index contributed by atoms with van der Waals surface area (Å²) in [5.74, 6) is 1.73. The van der Waals surface area contributed by atoms with Gasteiger partial charge >= 0.3 is 0 Å². The molecule has 2 aromatic rings. The van der Waals surface area contributed by atoms with Crippen molar-refractivity contribution in [2.24, 2.45) is 0 Å². The van der Waals surface area contributed by atoms with Gasteiger partial charge in [0.1, 0.15) is 5.82 Å². The number of benzene rings is 1. The lowest BCUT2D eigenvalue weighted by molar-refractivity contribution is 0.721. The Morgan fingerprint density at radius 3 is 2.41 bits per heavy atom. The fourth-order valence-corrected chi connectivity index (χ4v) is 2.43. The smallest absolute Gasteiger partial charge is 0.227 e. The number of hydrogen-bond donors (Lipinski definition) is 1. The Hall–Kier alpha value is -2.10. The van der Waals surface area contributed by atoms with Crippen LogP contribution in [-0.4, -0.2) is 29.6 Å². The second-order valence-electron chi connectivity index (χ2n) is 5.39. The number of rotatable bonds is 9. The van der Waals surface area contributed by atoms with E-state index in [1.54, 1.807) is 0 Å². The predicted molar refractivity (Wildman–Crippen MR) is 93.5 cm³/mol. The predicted octanol–water partition coefficient (Wildman–Crippen LogP) is 3.76. The van der Waals surface area contributed by atoms with Crippen LogP contribution in [0.3, 0.4) is 0 Å². The van der Waals surface area contributed by atoms with Crippen molar-refractivity contribution in [1.29, 1.82) is 0 Å². The molecule has 4 heteroatoms. The van der Waals surface area contributed by atoms with Crippen LogP contribution in [0.5, 0.6) is 0 Å². The van der Waals surface area contributed by atoms with Crippen LogP contribution in [-0.2, 0) is 6.42 Å². The maximum Gasteiger partial charge on any atom is 0.227 e. The number of hydrogen-bond acceptors (Lipinski definition) is 4. The summed E-state index contributed by atoms with van der Waals surface area (Å²) in [4.78, 5) is 11.3. The summed E-state index contributed by atoms with van der Waals surface area (Å²) >= 11 is 0. The van der Waals surface area contributed by atoms with Gasteiger partial charge in [0.15, 0.2) is 0 Å². The molecule has 1 aromatic carbocycles. The van der Waals surface area contributed by atoms with E-state index in [0.717, 1.165) is 50.7 Å². The molecule has 1 heterocycles. The average molecular weight is 298 g/mol. The van der Waals surface area contributed by atoms with E-state index in [-0.39, 0.29) is 0 Å². The quantitative estimate of drug-likeness (QED) is 0.765. The zero-order chi connectivity index (χ0) is 15.6. The monoisotopic (exact) mass is 298 g/mol. The van der Waals surface area contributed by atoms with E-state index < -0.39 is 0 Å². The molecule has 0 spiro atoms. The molecule has 1 N–H and O–H groups in total. The van der Waals surface area contributed by atoms with Crippen LogP contribution >= 0.6 is 0 Å². The van der Waals surface area contributed by atoms with Crippen molar-refractivity contribution < 1.29 is 0 Å². The first-order chi connectivity index (χ1) is 10.8. The molecule has 0 saturated carbocycles. The van der Waals surface area contributed by atoms with Crippen molar-refractivity contribution in [2.75, 3.05) is 29.9 Å². The largest absolute Gasteiger partial charge is 0.370 e. The summed E-state index contributed by atoms with van der Waals surface area (Å²) in [5.41, 5.74) is 1.34. The normalized spacial score (nSPS) is 10.5. The summed E-state index contributed by atoms with van der Waals surface area (Å²) in [7, 11) is 0. The first kappa shape index (κ1) is 16.3. The Labute approximate surface area is 133 Å². The van der Waals surface area contributed by atoms with Gasteiger partial charge in [0.05, 0.1) is 0 Å². The summed E-state index contributed by atoms with van der Waals surface area (Å²) < 4.78 is 0. The van der Waals surface area contributed by atoms with Crippen LogP contribution in [0.15, 0.2) is 42.6 Å². The lowest BCUT2D eigenvalue weighted by atomic mass is 10.1. The zero-order valence-corrected chi connectivity index (χ0v) is 13.6. The molecule has 0 saturated heterocycles. The molecule has 0 unspecified atom stereocenters. The highest BCUT2D eigenvalue weighted by atomic mass is 15.3. The van der Waals surface area contributed by atoms with Crippen LogP contribution in [0.1, 0.15) is 32.3 Å². The Balaban J connectivity index is 1.92. The Morgan fingerprint density at radius 2 is 1.73 bits per heavy atom. The summed E-state index contributed by atoms with van der Waals surface area (Å²) in [6.45, 7) is 7.25. The van der Waals surface area contributed by atoms with Gasteiger partial charge in [-0.2, -0.15) is 4.98 Å². The molecule has 0 aliphatic carbocycles. The molecule has 1 aromatic heterocycles. The summed E-state index contributed by atoms with van der Waals surface area (Å²) in [5, 5.41) is 3.39. The van der Waals surface area contributed by atoms with Crippen LogP contribution < -0.4 is 10.2 Å². The van der Waals surface area contributed by atoms with Crippen LogP contribution in [0.25, 0.3) is 0 Å². The third-order valence-corrected chi connectivity index (χ3v) is 3.48. The van der Waals surface area contributed by atoms with E-state index in [0.29, 0.717) is 0 Å². The fraction of sp³-hybridized carbons (Fsp3) is 0.444. The van der Waals surface area contributed by atoms with E-state index in [1.165, 1.54) is 5.56 Å². The van der Waals surface area contributed by atoms with Gasteiger partial charge in [-0.3, -0.25) is 0 Å². The molecule has 4 nitrogen and oxygen atoms in total. The summed E-state index contributed by atoms with van der Waals surface area (Å²) in [6, 6.07) is 12.4. The van der Waals surface area contributed by atoms with E-state index in [4.69, 9.17) is 0 Å². The minimum atomic E-state index is 0.827. The molecule has 0 amide bonds. The first-order valence-electron chi connectivity index (χ1n) is 8.19. The van der Waals surface area contributed by atoms with Crippen LogP contribution in [0.4, 0.5) is 11.8 Å². The Kier molecular flexibility index (Phi) is 6.68. The Bertz CT molecular complexity index is 536. The van der Waals surface area contributed by atoms with Gasteiger partial charge in [-0.1, -0.05) is 44.2 Å². The van der Waals surface area contributed by atoms with Gasteiger partial charge in [-0.05, 0) is 30.9 Å². The van der Waals surface area contributed by atoms with Crippen LogP contribution in [0, 0.1) is 0 Å². The van der Waals surface area contributed by atoms with Crippen molar-refractivity contribution in [3.8, 4) is 0 Å². The number of anilines is 2. The van der Waals surface area contributed by atoms with Crippen molar-refractivity contribution in [2.45, 2.75) is 33.1 Å². The molecule has 0 atom stereocenters. The molecule has 118 valence electrons. The molecule has 0 aliphatic heterocycles. The molecular weight excluding hydrogens is 272 g/mol. The molecule has 0 radical (unpaired) electrons. The minimum absolute atomic E-state index is 0.827. The average Bonchev–Trinajstić information content (AvgIpc) is 2.56. The van der Waals surface area contributed by atoms with Crippen LogP contribution in [0.2, 0.25) is 0 Å². The molecule has 0 fully saturated rings. The summed E-state index contributed by atoms with van der Waals surface area (Å²) in [6.07, 6.45) is 5.05. The molecule has 22 heavy (non-hydrogen) atoms. The van der Waals surface area contributed by atoms with Gasteiger partial charge in [0.25, 0.3) is 0 Å². The zero-order valence-electron chi connectivity index (χ0n) is 13.6. The SMILES string of the molecule is CCCN(CCC)c1nccc(NCCc2ccccc2)n1. The number of aromatic nitrogens is 2. The molecule has 0 bridgehead atoms.